The SMILES string of the molecule is CCn1c(SCC(=O)Nc2sc3c(c2C#N)CCCC3)nnc1[C@H](NC(=O)c1ccc(Cl)c(Cl)c1)C(C)C. The summed E-state index contributed by atoms with van der Waals surface area (Å²) in [5.41, 5.74) is 2.08. The van der Waals surface area contributed by atoms with E-state index in [1.54, 1.807) is 12.1 Å². The second kappa shape index (κ2) is 12.5. The Balaban J connectivity index is 1.46. The van der Waals surface area contributed by atoms with Gasteiger partial charge >= 0.3 is 0 Å². The van der Waals surface area contributed by atoms with Crippen molar-refractivity contribution in [1.29, 1.82) is 5.26 Å². The molecule has 0 saturated heterocycles. The van der Waals surface area contributed by atoms with Gasteiger partial charge in [0.05, 0.1) is 27.4 Å². The topological polar surface area (TPSA) is 113 Å². The summed E-state index contributed by atoms with van der Waals surface area (Å²) < 4.78 is 1.91. The molecular weight excluding hydrogens is 563 g/mol. The summed E-state index contributed by atoms with van der Waals surface area (Å²) in [7, 11) is 0. The van der Waals surface area contributed by atoms with E-state index in [0.717, 1.165) is 31.2 Å². The van der Waals surface area contributed by atoms with Crippen LogP contribution < -0.4 is 10.6 Å². The van der Waals surface area contributed by atoms with E-state index in [4.69, 9.17) is 23.2 Å². The van der Waals surface area contributed by atoms with Gasteiger partial charge < -0.3 is 15.2 Å². The van der Waals surface area contributed by atoms with Gasteiger partial charge in [0, 0.05) is 17.0 Å². The number of fused-ring (bicyclic) bond motifs is 1. The Kier molecular flexibility index (Phi) is 9.36. The summed E-state index contributed by atoms with van der Waals surface area (Å²) in [6, 6.07) is 6.60. The average molecular weight is 592 g/mol. The highest BCUT2D eigenvalue weighted by atomic mass is 35.5. The molecule has 0 aliphatic heterocycles. The number of nitrogens with zero attached hydrogens (tertiary/aromatic N) is 4. The molecule has 2 amide bonds. The van der Waals surface area contributed by atoms with Gasteiger partial charge in [-0.15, -0.1) is 21.5 Å². The number of thiophene rings is 1. The molecule has 2 heterocycles. The first-order valence-corrected chi connectivity index (χ1v) is 15.0. The highest BCUT2D eigenvalue weighted by molar-refractivity contribution is 7.99. The van der Waals surface area contributed by atoms with Crippen molar-refractivity contribution >= 4 is 63.1 Å². The number of carbonyl (C=O) groups is 2. The third-order valence-corrected chi connectivity index (χ3v) is 9.26. The normalized spacial score (nSPS) is 13.6. The lowest BCUT2D eigenvalue weighted by atomic mass is 9.96. The molecule has 0 bridgehead atoms. The molecule has 12 heteroatoms. The first-order valence-electron chi connectivity index (χ1n) is 12.4. The maximum Gasteiger partial charge on any atom is 0.251 e. The number of nitrogens with one attached hydrogen (secondary N) is 2. The largest absolute Gasteiger partial charge is 0.342 e. The summed E-state index contributed by atoms with van der Waals surface area (Å²) in [6.07, 6.45) is 4.03. The quantitative estimate of drug-likeness (QED) is 0.284. The van der Waals surface area contributed by atoms with Gasteiger partial charge in [0.1, 0.15) is 11.1 Å². The number of thioether (sulfide) groups is 1. The van der Waals surface area contributed by atoms with Crippen molar-refractivity contribution in [1.82, 2.24) is 20.1 Å². The minimum atomic E-state index is -0.414. The van der Waals surface area contributed by atoms with Crippen molar-refractivity contribution in [3.05, 3.63) is 55.6 Å². The van der Waals surface area contributed by atoms with Gasteiger partial charge in [-0.25, -0.2) is 0 Å². The first-order chi connectivity index (χ1) is 18.2. The van der Waals surface area contributed by atoms with Gasteiger partial charge in [0.2, 0.25) is 5.91 Å². The Bertz CT molecular complexity index is 1400. The lowest BCUT2D eigenvalue weighted by Crippen LogP contribution is -2.33. The molecule has 1 aliphatic carbocycles. The van der Waals surface area contributed by atoms with Gasteiger partial charge in [-0.3, -0.25) is 9.59 Å². The minimum absolute atomic E-state index is 0.0200. The van der Waals surface area contributed by atoms with E-state index in [-0.39, 0.29) is 23.5 Å². The fourth-order valence-electron chi connectivity index (χ4n) is 4.39. The lowest BCUT2D eigenvalue weighted by molar-refractivity contribution is -0.113. The van der Waals surface area contributed by atoms with Crippen LogP contribution in [0.1, 0.15) is 71.8 Å². The van der Waals surface area contributed by atoms with E-state index in [9.17, 15) is 14.9 Å². The number of anilines is 1. The maximum atomic E-state index is 13.0. The average Bonchev–Trinajstić information content (AvgIpc) is 3.47. The third-order valence-electron chi connectivity index (χ3n) is 6.34. The van der Waals surface area contributed by atoms with Crippen LogP contribution in [0.25, 0.3) is 0 Å². The van der Waals surface area contributed by atoms with Crippen LogP contribution in [-0.4, -0.2) is 32.3 Å². The van der Waals surface area contributed by atoms with Gasteiger partial charge in [-0.1, -0.05) is 48.8 Å². The van der Waals surface area contributed by atoms with Crippen LogP contribution in [0.4, 0.5) is 5.00 Å². The van der Waals surface area contributed by atoms with Crippen LogP contribution >= 0.6 is 46.3 Å². The van der Waals surface area contributed by atoms with E-state index < -0.39 is 6.04 Å². The molecule has 8 nitrogen and oxygen atoms in total. The summed E-state index contributed by atoms with van der Waals surface area (Å²) in [5, 5.41) is 26.2. The maximum absolute atomic E-state index is 13.0. The lowest BCUT2D eigenvalue weighted by Gasteiger charge is -2.22. The molecular formula is C26H28Cl2N6O2S2. The fourth-order valence-corrected chi connectivity index (χ4v) is 6.75. The Morgan fingerprint density at radius 3 is 2.66 bits per heavy atom. The van der Waals surface area contributed by atoms with Gasteiger partial charge in [-0.05, 0) is 62.3 Å². The van der Waals surface area contributed by atoms with Crippen LogP contribution in [0.15, 0.2) is 23.4 Å². The van der Waals surface area contributed by atoms with Crippen molar-refractivity contribution in [3.63, 3.8) is 0 Å². The Morgan fingerprint density at radius 2 is 1.97 bits per heavy atom. The molecule has 0 saturated carbocycles. The predicted molar refractivity (Wildman–Crippen MR) is 152 cm³/mol. The van der Waals surface area contributed by atoms with E-state index >= 15 is 0 Å². The molecule has 2 N–H and O–H groups in total. The first kappa shape index (κ1) is 28.4. The number of rotatable bonds is 9. The van der Waals surface area contributed by atoms with Crippen molar-refractivity contribution in [3.8, 4) is 6.07 Å². The van der Waals surface area contributed by atoms with Gasteiger partial charge in [0.25, 0.3) is 5.91 Å². The Morgan fingerprint density at radius 1 is 1.21 bits per heavy atom. The molecule has 0 spiro atoms. The zero-order valence-corrected chi connectivity index (χ0v) is 24.5. The molecule has 3 aromatic rings. The predicted octanol–water partition coefficient (Wildman–Crippen LogP) is 6.27. The van der Waals surface area contributed by atoms with Crippen LogP contribution in [-0.2, 0) is 24.2 Å². The van der Waals surface area contributed by atoms with Crippen LogP contribution in [0, 0.1) is 17.2 Å². The van der Waals surface area contributed by atoms with E-state index in [0.29, 0.717) is 43.7 Å². The zero-order valence-electron chi connectivity index (χ0n) is 21.3. The highest BCUT2D eigenvalue weighted by Gasteiger charge is 2.27. The van der Waals surface area contributed by atoms with E-state index in [1.165, 1.54) is 34.0 Å². The minimum Gasteiger partial charge on any atom is -0.342 e. The van der Waals surface area contributed by atoms with E-state index in [2.05, 4.69) is 26.9 Å². The number of carbonyl (C=O) groups excluding carboxylic acids is 2. The molecule has 0 unspecified atom stereocenters. The second-order valence-electron chi connectivity index (χ2n) is 9.27. The zero-order chi connectivity index (χ0) is 27.4. The van der Waals surface area contributed by atoms with Gasteiger partial charge in [-0.2, -0.15) is 5.26 Å². The molecule has 0 fully saturated rings. The second-order valence-corrected chi connectivity index (χ2v) is 12.1. The summed E-state index contributed by atoms with van der Waals surface area (Å²) in [4.78, 5) is 27.0. The fraction of sp³-hybridized carbons (Fsp3) is 0.423. The van der Waals surface area contributed by atoms with Crippen LogP contribution in [0.5, 0.6) is 0 Å². The number of nitriles is 1. The number of aryl methyl sites for hydroxylation is 1. The summed E-state index contributed by atoms with van der Waals surface area (Å²) in [6.45, 7) is 6.50. The number of hydrogen-bond acceptors (Lipinski definition) is 7. The standard InChI is InChI=1S/C26H28Cl2N6O2S2/c1-4-34-23(22(14(2)3)31-24(36)15-9-10-18(27)19(28)11-15)32-33-26(34)37-13-21(35)30-25-17(12-29)16-7-5-6-8-20(16)38-25/h9-11,14,22H,4-8,13H2,1-3H3,(H,30,35)(H,31,36)/t22-/m1/s1. The number of benzene rings is 1. The number of amides is 2. The van der Waals surface area contributed by atoms with Crippen molar-refractivity contribution in [2.24, 2.45) is 5.92 Å². The van der Waals surface area contributed by atoms with Crippen LogP contribution in [0.3, 0.4) is 0 Å². The van der Waals surface area contributed by atoms with Crippen LogP contribution in [0.2, 0.25) is 10.0 Å². The molecule has 0 radical (unpaired) electrons. The number of aromatic nitrogens is 3. The number of halogens is 2. The summed E-state index contributed by atoms with van der Waals surface area (Å²) in [5.74, 6) is 0.246. The third kappa shape index (κ3) is 6.18. The smallest absolute Gasteiger partial charge is 0.251 e. The Hall–Kier alpha value is -2.58. The molecule has 38 heavy (non-hydrogen) atoms. The highest BCUT2D eigenvalue weighted by Crippen LogP contribution is 2.37. The van der Waals surface area contributed by atoms with Crippen molar-refractivity contribution < 1.29 is 9.59 Å². The number of hydrogen-bond donors (Lipinski definition) is 2. The summed E-state index contributed by atoms with van der Waals surface area (Å²) >= 11 is 14.9. The van der Waals surface area contributed by atoms with Crippen molar-refractivity contribution in [2.75, 3.05) is 11.1 Å². The molecule has 1 aromatic carbocycles. The Labute approximate surface area is 240 Å². The molecule has 2 aromatic heterocycles. The molecule has 1 atom stereocenters. The van der Waals surface area contributed by atoms with E-state index in [1.807, 2.05) is 25.3 Å². The monoisotopic (exact) mass is 590 g/mol. The van der Waals surface area contributed by atoms with Gasteiger partial charge in [0.15, 0.2) is 11.0 Å². The molecule has 1 aliphatic rings. The van der Waals surface area contributed by atoms with Crippen molar-refractivity contribution in [2.45, 2.75) is 64.2 Å². The molecule has 4 rings (SSSR count). The molecule has 200 valence electrons.